The van der Waals surface area contributed by atoms with E-state index in [9.17, 15) is 4.79 Å². The van der Waals surface area contributed by atoms with Crippen molar-refractivity contribution in [1.29, 1.82) is 0 Å². The smallest absolute Gasteiger partial charge is 0.257 e. The molecule has 174 valence electrons. The third kappa shape index (κ3) is 5.21. The Kier molecular flexibility index (Phi) is 7.14. The number of nitrogens with one attached hydrogen (secondary N) is 2. The number of benzene rings is 3. The number of hydrogen-bond donors (Lipinski definition) is 2. The van der Waals surface area contributed by atoms with Gasteiger partial charge in [-0.15, -0.1) is 0 Å². The highest BCUT2D eigenvalue weighted by Crippen LogP contribution is 2.31. The second-order valence-electron chi connectivity index (χ2n) is 7.89. The zero-order chi connectivity index (χ0) is 24.2. The van der Waals surface area contributed by atoms with Crippen LogP contribution in [0.3, 0.4) is 0 Å². The molecule has 0 spiro atoms. The van der Waals surface area contributed by atoms with E-state index in [-0.39, 0.29) is 11.0 Å². The van der Waals surface area contributed by atoms with Crippen LogP contribution in [-0.2, 0) is 0 Å². The molecule has 0 saturated carbocycles. The summed E-state index contributed by atoms with van der Waals surface area (Å²) < 4.78 is 11.1. The van der Waals surface area contributed by atoms with Gasteiger partial charge in [-0.25, -0.2) is 4.98 Å². The first-order chi connectivity index (χ1) is 16.4. The van der Waals surface area contributed by atoms with Crippen LogP contribution in [0, 0.1) is 0 Å². The summed E-state index contributed by atoms with van der Waals surface area (Å²) in [6, 6.07) is 18.2. The van der Waals surface area contributed by atoms with Gasteiger partial charge in [-0.05, 0) is 78.7 Å². The van der Waals surface area contributed by atoms with E-state index in [0.29, 0.717) is 39.4 Å². The average molecular weight is 494 g/mol. The minimum Gasteiger partial charge on any atom is -0.497 e. The predicted molar refractivity (Wildman–Crippen MR) is 140 cm³/mol. The Balaban J connectivity index is 1.52. The van der Waals surface area contributed by atoms with Crippen LogP contribution in [-0.4, -0.2) is 23.1 Å². The number of thiocarbonyl (C=S) groups is 1. The van der Waals surface area contributed by atoms with Crippen molar-refractivity contribution in [2.75, 3.05) is 12.4 Å². The van der Waals surface area contributed by atoms with Gasteiger partial charge in [-0.3, -0.25) is 10.1 Å². The van der Waals surface area contributed by atoms with Crippen molar-refractivity contribution in [3.8, 4) is 17.2 Å². The van der Waals surface area contributed by atoms with Crippen LogP contribution in [0.4, 0.5) is 5.69 Å². The van der Waals surface area contributed by atoms with Crippen LogP contribution in [0.2, 0.25) is 5.02 Å². The Bertz CT molecular complexity index is 1370. The number of amides is 1. The Hall–Kier alpha value is -3.42. The molecule has 1 amide bonds. The lowest BCUT2D eigenvalue weighted by atomic mass is 9.98. The van der Waals surface area contributed by atoms with Crippen LogP contribution in [0.15, 0.2) is 65.1 Å². The molecular weight excluding hydrogens is 470 g/mol. The Morgan fingerprint density at radius 3 is 2.76 bits per heavy atom. The average Bonchev–Trinajstić information content (AvgIpc) is 3.28. The molecule has 1 aromatic heterocycles. The quantitative estimate of drug-likeness (QED) is 0.288. The van der Waals surface area contributed by atoms with Crippen molar-refractivity contribution in [2.45, 2.75) is 26.2 Å². The molecule has 0 saturated heterocycles. The Morgan fingerprint density at radius 1 is 1.18 bits per heavy atom. The molecule has 4 aromatic rings. The summed E-state index contributed by atoms with van der Waals surface area (Å²) in [5.74, 6) is 1.14. The normalized spacial score (nSPS) is 11.8. The summed E-state index contributed by atoms with van der Waals surface area (Å²) in [5, 5.41) is 6.19. The van der Waals surface area contributed by atoms with Crippen LogP contribution >= 0.6 is 23.8 Å². The first kappa shape index (κ1) is 23.7. The summed E-state index contributed by atoms with van der Waals surface area (Å²) in [5.41, 5.74) is 4.43. The Labute approximate surface area is 208 Å². The van der Waals surface area contributed by atoms with E-state index in [1.54, 1.807) is 43.5 Å². The summed E-state index contributed by atoms with van der Waals surface area (Å²) in [6.07, 6.45) is 1.05. The molecule has 0 fully saturated rings. The van der Waals surface area contributed by atoms with Crippen molar-refractivity contribution < 1.29 is 13.9 Å². The maximum absolute atomic E-state index is 12.5. The number of carbonyl (C=O) groups excluding carboxylic acids is 1. The number of oxazole rings is 1. The van der Waals surface area contributed by atoms with Gasteiger partial charge in [0.05, 0.1) is 17.8 Å². The number of fused-ring (bicyclic) bond motifs is 1. The molecule has 0 radical (unpaired) electrons. The molecule has 0 aliphatic rings. The van der Waals surface area contributed by atoms with Crippen LogP contribution in [0.5, 0.6) is 5.75 Å². The fourth-order valence-electron chi connectivity index (χ4n) is 3.46. The van der Waals surface area contributed by atoms with Gasteiger partial charge < -0.3 is 14.5 Å². The van der Waals surface area contributed by atoms with E-state index in [2.05, 4.69) is 41.6 Å². The number of carbonyl (C=O) groups is 1. The first-order valence-corrected chi connectivity index (χ1v) is 11.6. The van der Waals surface area contributed by atoms with Crippen molar-refractivity contribution in [3.63, 3.8) is 0 Å². The van der Waals surface area contributed by atoms with Gasteiger partial charge in [0.15, 0.2) is 10.7 Å². The summed E-state index contributed by atoms with van der Waals surface area (Å²) in [6.45, 7) is 4.35. The van der Waals surface area contributed by atoms with Crippen molar-refractivity contribution in [2.24, 2.45) is 0 Å². The van der Waals surface area contributed by atoms with Gasteiger partial charge in [-0.2, -0.15) is 0 Å². The third-order valence-electron chi connectivity index (χ3n) is 5.61. The maximum atomic E-state index is 12.5. The van der Waals surface area contributed by atoms with Gasteiger partial charge in [-0.1, -0.05) is 37.6 Å². The van der Waals surface area contributed by atoms with E-state index in [1.165, 1.54) is 5.56 Å². The molecule has 8 heteroatoms. The minimum absolute atomic E-state index is 0.114. The van der Waals surface area contributed by atoms with Crippen LogP contribution in [0.25, 0.3) is 22.6 Å². The molecular formula is C26H24ClN3O3S. The van der Waals surface area contributed by atoms with Crippen LogP contribution in [0.1, 0.15) is 42.1 Å². The molecule has 6 nitrogen and oxygen atoms in total. The van der Waals surface area contributed by atoms with Gasteiger partial charge in [0, 0.05) is 11.1 Å². The lowest BCUT2D eigenvalue weighted by Gasteiger charge is -2.12. The topological polar surface area (TPSA) is 76.4 Å². The standard InChI is InChI=1S/C26H24ClN3O3S/c1-4-15(2)16-9-11-23-22(13-16)28-25(33-23)18-8-10-20(27)21(14-18)29-26(34)30-24(31)17-6-5-7-19(12-17)32-3/h5-15H,4H2,1-3H3,(H2,29,30,31,34). The van der Waals surface area contributed by atoms with E-state index in [0.717, 1.165) is 17.5 Å². The highest BCUT2D eigenvalue weighted by molar-refractivity contribution is 7.80. The predicted octanol–water partition coefficient (Wildman–Crippen LogP) is 6.80. The Morgan fingerprint density at radius 2 is 2.00 bits per heavy atom. The van der Waals surface area contributed by atoms with E-state index in [4.69, 9.17) is 33.0 Å². The highest BCUT2D eigenvalue weighted by Gasteiger charge is 2.14. The van der Waals surface area contributed by atoms with E-state index < -0.39 is 0 Å². The van der Waals surface area contributed by atoms with Gasteiger partial charge >= 0.3 is 0 Å². The second kappa shape index (κ2) is 10.2. The number of anilines is 1. The second-order valence-corrected chi connectivity index (χ2v) is 8.71. The van der Waals surface area contributed by atoms with Crippen LogP contribution < -0.4 is 15.4 Å². The zero-order valence-electron chi connectivity index (χ0n) is 19.0. The molecule has 1 unspecified atom stereocenters. The summed E-state index contributed by atoms with van der Waals surface area (Å²) in [4.78, 5) is 17.2. The largest absolute Gasteiger partial charge is 0.497 e. The first-order valence-electron chi connectivity index (χ1n) is 10.8. The number of halogens is 1. The van der Waals surface area contributed by atoms with Gasteiger partial charge in [0.25, 0.3) is 5.91 Å². The molecule has 3 aromatic carbocycles. The molecule has 0 bridgehead atoms. The molecule has 0 aliphatic heterocycles. The molecule has 4 rings (SSSR count). The van der Waals surface area contributed by atoms with Crippen molar-refractivity contribution in [1.82, 2.24) is 10.3 Å². The lowest BCUT2D eigenvalue weighted by Crippen LogP contribution is -2.34. The minimum atomic E-state index is -0.361. The SMILES string of the molecule is CCC(C)c1ccc2oc(-c3ccc(Cl)c(NC(=S)NC(=O)c4cccc(OC)c4)c3)nc2c1. The zero-order valence-corrected chi connectivity index (χ0v) is 20.6. The number of rotatable bonds is 6. The van der Waals surface area contributed by atoms with Crippen molar-refractivity contribution >= 4 is 51.6 Å². The molecule has 1 atom stereocenters. The molecule has 2 N–H and O–H groups in total. The monoisotopic (exact) mass is 493 g/mol. The fourth-order valence-corrected chi connectivity index (χ4v) is 3.82. The summed E-state index contributed by atoms with van der Waals surface area (Å²) in [7, 11) is 1.54. The summed E-state index contributed by atoms with van der Waals surface area (Å²) >= 11 is 11.7. The number of ether oxygens (including phenoxy) is 1. The highest BCUT2D eigenvalue weighted by atomic mass is 35.5. The molecule has 0 aliphatic carbocycles. The maximum Gasteiger partial charge on any atom is 0.257 e. The van der Waals surface area contributed by atoms with Crippen molar-refractivity contribution in [3.05, 3.63) is 76.8 Å². The molecule has 34 heavy (non-hydrogen) atoms. The van der Waals surface area contributed by atoms with Gasteiger partial charge in [0.1, 0.15) is 11.3 Å². The molecule has 1 heterocycles. The van der Waals surface area contributed by atoms with E-state index in [1.807, 2.05) is 12.1 Å². The van der Waals surface area contributed by atoms with E-state index >= 15 is 0 Å². The number of nitrogens with zero attached hydrogens (tertiary/aromatic N) is 1. The number of aromatic nitrogens is 1. The number of methoxy groups -OCH3 is 1. The fraction of sp³-hybridized carbons (Fsp3) is 0.192. The number of hydrogen-bond acceptors (Lipinski definition) is 5. The lowest BCUT2D eigenvalue weighted by molar-refractivity contribution is 0.0977. The van der Waals surface area contributed by atoms with Gasteiger partial charge in [0.2, 0.25) is 5.89 Å². The third-order valence-corrected chi connectivity index (χ3v) is 6.15.